The molecule has 0 aliphatic carbocycles. The van der Waals surface area contributed by atoms with Gasteiger partial charge in [0.15, 0.2) is 28.6 Å². The molecule has 2 aromatic carbocycles. The van der Waals surface area contributed by atoms with Gasteiger partial charge in [-0.25, -0.2) is 0 Å². The lowest BCUT2D eigenvalue weighted by Crippen LogP contribution is -2.11. The molecule has 5 rings (SSSR count). The van der Waals surface area contributed by atoms with Gasteiger partial charge in [0.25, 0.3) is 5.91 Å². The summed E-state index contributed by atoms with van der Waals surface area (Å²) >= 11 is 0. The van der Waals surface area contributed by atoms with E-state index in [1.165, 1.54) is 0 Å². The van der Waals surface area contributed by atoms with Gasteiger partial charge in [-0.15, -0.1) is 5.10 Å². The molecule has 0 bridgehead atoms. The van der Waals surface area contributed by atoms with Gasteiger partial charge in [0.2, 0.25) is 12.7 Å². The van der Waals surface area contributed by atoms with E-state index in [-0.39, 0.29) is 18.6 Å². The molecule has 0 fully saturated rings. The maximum absolute atomic E-state index is 12.5. The summed E-state index contributed by atoms with van der Waals surface area (Å²) in [6.45, 7) is 2.59. The molecule has 0 unspecified atom stereocenters. The second kappa shape index (κ2) is 7.43. The predicted molar refractivity (Wildman–Crippen MR) is 105 cm³/mol. The molecule has 30 heavy (non-hydrogen) atoms. The van der Waals surface area contributed by atoms with Crippen LogP contribution in [-0.2, 0) is 6.42 Å². The Hall–Kier alpha value is -4.01. The van der Waals surface area contributed by atoms with E-state index >= 15 is 0 Å². The molecule has 3 heterocycles. The van der Waals surface area contributed by atoms with Crippen molar-refractivity contribution in [3.8, 4) is 17.2 Å². The van der Waals surface area contributed by atoms with Gasteiger partial charge in [-0.05, 0) is 36.8 Å². The fourth-order valence-electron chi connectivity index (χ4n) is 3.18. The molecule has 0 saturated heterocycles. The molecule has 1 aliphatic heterocycles. The first-order valence-electron chi connectivity index (χ1n) is 9.37. The fraction of sp³-hybridized carbons (Fsp3) is 0.190. The topological polar surface area (TPSA) is 109 Å². The monoisotopic (exact) mass is 407 g/mol. The second-order valence-electron chi connectivity index (χ2n) is 6.54. The Kier molecular flexibility index (Phi) is 4.47. The van der Waals surface area contributed by atoms with E-state index in [2.05, 4.69) is 15.5 Å². The number of anilines is 1. The van der Waals surface area contributed by atoms with Crippen molar-refractivity contribution >= 4 is 22.9 Å². The van der Waals surface area contributed by atoms with Gasteiger partial charge in [0, 0.05) is 5.39 Å². The number of nitrogens with zero attached hydrogens (tertiary/aromatic N) is 2. The number of carbonyl (C=O) groups excluding carboxylic acids is 1. The number of ether oxygens (including phenoxy) is 3. The van der Waals surface area contributed by atoms with Crippen LogP contribution in [0.15, 0.2) is 51.3 Å². The summed E-state index contributed by atoms with van der Waals surface area (Å²) in [7, 11) is 0. The van der Waals surface area contributed by atoms with Gasteiger partial charge < -0.3 is 23.0 Å². The highest BCUT2D eigenvalue weighted by molar-refractivity contribution is 6.04. The molecule has 1 aliphatic rings. The molecule has 9 heteroatoms. The van der Waals surface area contributed by atoms with Crippen LogP contribution < -0.4 is 19.5 Å². The number of rotatable bonds is 6. The highest BCUT2D eigenvalue weighted by atomic mass is 16.7. The van der Waals surface area contributed by atoms with Crippen LogP contribution in [0.4, 0.5) is 6.01 Å². The zero-order valence-corrected chi connectivity index (χ0v) is 16.0. The standard InChI is InChI=1S/C21H17N3O6/c1-2-26-15-5-3-4-13-10-17(29-19(13)15)20(25)22-21-24-23-18(30-21)9-12-6-7-14-16(8-12)28-11-27-14/h3-8,10H,2,9,11H2,1H3,(H,22,24,25). The smallest absolute Gasteiger partial charge is 0.322 e. The lowest BCUT2D eigenvalue weighted by Gasteiger charge is -2.02. The van der Waals surface area contributed by atoms with Crippen LogP contribution in [-0.4, -0.2) is 29.5 Å². The summed E-state index contributed by atoms with van der Waals surface area (Å²) < 4.78 is 27.4. The lowest BCUT2D eigenvalue weighted by molar-refractivity contribution is 0.0995. The van der Waals surface area contributed by atoms with Crippen LogP contribution in [0.3, 0.4) is 0 Å². The molecule has 152 valence electrons. The normalized spacial score (nSPS) is 12.3. The highest BCUT2D eigenvalue weighted by Gasteiger charge is 2.19. The van der Waals surface area contributed by atoms with Crippen LogP contribution >= 0.6 is 0 Å². The van der Waals surface area contributed by atoms with Crippen molar-refractivity contribution in [2.45, 2.75) is 13.3 Å². The Morgan fingerprint density at radius 2 is 2.00 bits per heavy atom. The van der Waals surface area contributed by atoms with E-state index < -0.39 is 5.91 Å². The minimum atomic E-state index is -0.494. The van der Waals surface area contributed by atoms with Crippen LogP contribution in [0, 0.1) is 0 Å². The largest absolute Gasteiger partial charge is 0.490 e. The molecule has 4 aromatic rings. The van der Waals surface area contributed by atoms with E-state index in [4.69, 9.17) is 23.0 Å². The Labute approximate surface area is 170 Å². The van der Waals surface area contributed by atoms with Crippen molar-refractivity contribution < 1.29 is 27.8 Å². The summed E-state index contributed by atoms with van der Waals surface area (Å²) in [5, 5.41) is 11.2. The van der Waals surface area contributed by atoms with E-state index in [9.17, 15) is 4.79 Å². The Bertz CT molecular complexity index is 1230. The maximum Gasteiger partial charge on any atom is 0.322 e. The van der Waals surface area contributed by atoms with Gasteiger partial charge in [-0.2, -0.15) is 0 Å². The fourth-order valence-corrected chi connectivity index (χ4v) is 3.18. The third-order valence-corrected chi connectivity index (χ3v) is 4.51. The Morgan fingerprint density at radius 3 is 2.90 bits per heavy atom. The van der Waals surface area contributed by atoms with Gasteiger partial charge in [0.1, 0.15) is 0 Å². The zero-order chi connectivity index (χ0) is 20.5. The zero-order valence-electron chi connectivity index (χ0n) is 16.0. The summed E-state index contributed by atoms with van der Waals surface area (Å²) in [6.07, 6.45) is 0.391. The lowest BCUT2D eigenvalue weighted by atomic mass is 10.1. The van der Waals surface area contributed by atoms with Crippen LogP contribution in [0.1, 0.15) is 28.9 Å². The number of para-hydroxylation sites is 1. The highest BCUT2D eigenvalue weighted by Crippen LogP contribution is 2.33. The van der Waals surface area contributed by atoms with Gasteiger partial charge >= 0.3 is 6.01 Å². The van der Waals surface area contributed by atoms with Crippen LogP contribution in [0.5, 0.6) is 17.2 Å². The van der Waals surface area contributed by atoms with E-state index in [0.29, 0.717) is 41.7 Å². The second-order valence-corrected chi connectivity index (χ2v) is 6.54. The molecule has 0 saturated carbocycles. The van der Waals surface area contributed by atoms with E-state index in [1.807, 2.05) is 37.3 Å². The van der Waals surface area contributed by atoms with Crippen molar-refractivity contribution in [2.75, 3.05) is 18.7 Å². The number of furan rings is 1. The van der Waals surface area contributed by atoms with Gasteiger partial charge in [-0.1, -0.05) is 23.3 Å². The third kappa shape index (κ3) is 3.41. The molecular weight excluding hydrogens is 390 g/mol. The average molecular weight is 407 g/mol. The molecule has 1 amide bonds. The van der Waals surface area contributed by atoms with Crippen molar-refractivity contribution in [1.82, 2.24) is 10.2 Å². The first-order valence-corrected chi connectivity index (χ1v) is 9.37. The molecule has 0 spiro atoms. The minimum Gasteiger partial charge on any atom is -0.490 e. The number of hydrogen-bond acceptors (Lipinski definition) is 8. The summed E-state index contributed by atoms with van der Waals surface area (Å²) in [5.41, 5.74) is 1.43. The van der Waals surface area contributed by atoms with Gasteiger partial charge in [-0.3, -0.25) is 10.1 Å². The molecule has 1 N–H and O–H groups in total. The molecule has 0 atom stereocenters. The molecule has 9 nitrogen and oxygen atoms in total. The third-order valence-electron chi connectivity index (χ3n) is 4.51. The first kappa shape index (κ1) is 18.0. The number of hydrogen-bond donors (Lipinski definition) is 1. The Balaban J connectivity index is 1.29. The average Bonchev–Trinajstić information content (AvgIpc) is 3.47. The Morgan fingerprint density at radius 1 is 1.10 bits per heavy atom. The quantitative estimate of drug-likeness (QED) is 0.514. The van der Waals surface area contributed by atoms with Crippen molar-refractivity contribution in [1.29, 1.82) is 0 Å². The number of fused-ring (bicyclic) bond motifs is 2. The van der Waals surface area contributed by atoms with Crippen molar-refractivity contribution in [3.63, 3.8) is 0 Å². The predicted octanol–water partition coefficient (Wildman–Crippen LogP) is 3.79. The number of nitrogens with one attached hydrogen (secondary N) is 1. The summed E-state index contributed by atoms with van der Waals surface area (Å²) in [6, 6.07) is 12.7. The van der Waals surface area contributed by atoms with Crippen molar-refractivity contribution in [2.24, 2.45) is 0 Å². The number of carbonyl (C=O) groups is 1. The SMILES string of the molecule is CCOc1cccc2cc(C(=O)Nc3nnc(Cc4ccc5c(c4)OCO5)o3)oc12. The number of benzene rings is 2. The molecule has 0 radical (unpaired) electrons. The van der Waals surface area contributed by atoms with Gasteiger partial charge in [0.05, 0.1) is 13.0 Å². The summed E-state index contributed by atoms with van der Waals surface area (Å²) in [5.74, 6) is 1.94. The van der Waals surface area contributed by atoms with Crippen molar-refractivity contribution in [3.05, 3.63) is 59.7 Å². The van der Waals surface area contributed by atoms with Crippen LogP contribution in [0.2, 0.25) is 0 Å². The van der Waals surface area contributed by atoms with E-state index in [1.54, 1.807) is 12.1 Å². The number of aromatic nitrogens is 2. The number of amides is 1. The molecular formula is C21H17N3O6. The first-order chi connectivity index (χ1) is 14.7. The molecule has 2 aromatic heterocycles. The van der Waals surface area contributed by atoms with E-state index in [0.717, 1.165) is 10.9 Å². The maximum atomic E-state index is 12.5. The van der Waals surface area contributed by atoms with Crippen LogP contribution in [0.25, 0.3) is 11.0 Å². The minimum absolute atomic E-state index is 0.0127. The summed E-state index contributed by atoms with van der Waals surface area (Å²) in [4.78, 5) is 12.5.